The summed E-state index contributed by atoms with van der Waals surface area (Å²) in [6.45, 7) is 3.77. The molecule has 19 heavy (non-hydrogen) atoms. The summed E-state index contributed by atoms with van der Waals surface area (Å²) in [4.78, 5) is 0. The number of halogens is 1. The molecule has 2 aromatic heterocycles. The van der Waals surface area contributed by atoms with Crippen molar-refractivity contribution in [3.05, 3.63) is 28.0 Å². The van der Waals surface area contributed by atoms with Crippen molar-refractivity contribution in [2.45, 2.75) is 26.3 Å². The van der Waals surface area contributed by atoms with Crippen LogP contribution in [-0.2, 0) is 33.5 Å². The van der Waals surface area contributed by atoms with Gasteiger partial charge in [0.05, 0.1) is 15.9 Å². The molecule has 2 heterocycles. The van der Waals surface area contributed by atoms with E-state index in [0.717, 1.165) is 41.9 Å². The molecule has 104 valence electrons. The van der Waals surface area contributed by atoms with Crippen molar-refractivity contribution in [2.24, 2.45) is 14.1 Å². The first-order valence-electron chi connectivity index (χ1n) is 6.37. The van der Waals surface area contributed by atoms with Crippen LogP contribution in [0.5, 0.6) is 0 Å². The van der Waals surface area contributed by atoms with Crippen LogP contribution in [0.15, 0.2) is 10.8 Å². The Kier molecular flexibility index (Phi) is 4.71. The summed E-state index contributed by atoms with van der Waals surface area (Å²) in [5, 5.41) is 15.8. The molecule has 0 unspecified atom stereocenters. The fraction of sp³-hybridized carbons (Fsp3) is 0.583. The first kappa shape index (κ1) is 14.2. The number of hydrogen-bond donors (Lipinski definition) is 1. The first-order valence-corrected chi connectivity index (χ1v) is 7.16. The topological polar surface area (TPSA) is 60.6 Å². The lowest BCUT2D eigenvalue weighted by atomic mass is 10.3. The van der Waals surface area contributed by atoms with Gasteiger partial charge >= 0.3 is 0 Å². The third-order valence-corrected chi connectivity index (χ3v) is 4.04. The van der Waals surface area contributed by atoms with E-state index < -0.39 is 0 Å². The molecule has 0 radical (unpaired) electrons. The van der Waals surface area contributed by atoms with Gasteiger partial charge in [0, 0.05) is 33.6 Å². The second-order valence-corrected chi connectivity index (χ2v) is 5.26. The van der Waals surface area contributed by atoms with Crippen molar-refractivity contribution in [3.63, 3.8) is 0 Å². The smallest absolute Gasteiger partial charge is 0.133 e. The molecular formula is C12H19BrN6. The summed E-state index contributed by atoms with van der Waals surface area (Å²) in [7, 11) is 3.93. The molecular weight excluding hydrogens is 308 g/mol. The van der Waals surface area contributed by atoms with Gasteiger partial charge in [0.2, 0.25) is 0 Å². The number of hydrogen-bond acceptors (Lipinski definition) is 4. The average Bonchev–Trinajstić information content (AvgIpc) is 2.91. The SMILES string of the molecule is CCc1nn(C)c(CNCCc2nncn2C)c1Br. The quantitative estimate of drug-likeness (QED) is 0.810. The third kappa shape index (κ3) is 3.22. The van der Waals surface area contributed by atoms with Crippen LogP contribution >= 0.6 is 15.9 Å². The summed E-state index contributed by atoms with van der Waals surface area (Å²) in [6, 6.07) is 0. The van der Waals surface area contributed by atoms with Crippen molar-refractivity contribution in [1.29, 1.82) is 0 Å². The lowest BCUT2D eigenvalue weighted by Crippen LogP contribution is -2.20. The van der Waals surface area contributed by atoms with Gasteiger partial charge in [-0.2, -0.15) is 5.10 Å². The lowest BCUT2D eigenvalue weighted by Gasteiger charge is -2.05. The fourth-order valence-electron chi connectivity index (χ4n) is 1.95. The molecule has 0 aliphatic carbocycles. The largest absolute Gasteiger partial charge is 0.321 e. The average molecular weight is 327 g/mol. The molecule has 2 aromatic rings. The van der Waals surface area contributed by atoms with E-state index in [1.165, 1.54) is 5.69 Å². The van der Waals surface area contributed by atoms with Crippen LogP contribution in [-0.4, -0.2) is 31.1 Å². The van der Waals surface area contributed by atoms with Crippen LogP contribution in [0.1, 0.15) is 24.1 Å². The predicted octanol–water partition coefficient (Wildman–Crippen LogP) is 1.21. The van der Waals surface area contributed by atoms with Crippen LogP contribution in [0.2, 0.25) is 0 Å². The van der Waals surface area contributed by atoms with Gasteiger partial charge in [-0.05, 0) is 22.4 Å². The van der Waals surface area contributed by atoms with E-state index in [2.05, 4.69) is 43.5 Å². The molecule has 0 saturated heterocycles. The number of rotatable bonds is 6. The lowest BCUT2D eigenvalue weighted by molar-refractivity contribution is 0.609. The highest BCUT2D eigenvalue weighted by Gasteiger charge is 2.11. The zero-order valence-electron chi connectivity index (χ0n) is 11.5. The molecule has 1 N–H and O–H groups in total. The van der Waals surface area contributed by atoms with Gasteiger partial charge in [0.15, 0.2) is 0 Å². The molecule has 0 aliphatic rings. The van der Waals surface area contributed by atoms with Crippen LogP contribution in [0.4, 0.5) is 0 Å². The van der Waals surface area contributed by atoms with Crippen LogP contribution < -0.4 is 5.32 Å². The minimum atomic E-state index is 0.794. The molecule has 0 bridgehead atoms. The third-order valence-electron chi connectivity index (χ3n) is 3.13. The van der Waals surface area contributed by atoms with E-state index >= 15 is 0 Å². The summed E-state index contributed by atoms with van der Waals surface area (Å²) in [6.07, 6.45) is 3.53. The Bertz CT molecular complexity index is 544. The first-order chi connectivity index (χ1) is 9.13. The van der Waals surface area contributed by atoms with Crippen LogP contribution in [0.25, 0.3) is 0 Å². The standard InChI is InChI=1S/C12H19BrN6/c1-4-9-12(13)10(19(3)17-9)7-14-6-5-11-16-15-8-18(11)2/h8,14H,4-7H2,1-3H3. The molecule has 0 amide bonds. The Balaban J connectivity index is 1.86. The van der Waals surface area contributed by atoms with Crippen molar-refractivity contribution < 1.29 is 0 Å². The zero-order chi connectivity index (χ0) is 13.8. The maximum absolute atomic E-state index is 4.47. The van der Waals surface area contributed by atoms with E-state index in [9.17, 15) is 0 Å². The molecule has 6 nitrogen and oxygen atoms in total. The summed E-state index contributed by atoms with van der Waals surface area (Å²) in [5.41, 5.74) is 2.28. The summed E-state index contributed by atoms with van der Waals surface area (Å²) < 4.78 is 4.98. The highest BCUT2D eigenvalue weighted by atomic mass is 79.9. The van der Waals surface area contributed by atoms with Crippen LogP contribution in [0.3, 0.4) is 0 Å². The molecule has 2 rings (SSSR count). The number of aryl methyl sites for hydroxylation is 3. The molecule has 0 spiro atoms. The Morgan fingerprint density at radius 1 is 1.37 bits per heavy atom. The maximum Gasteiger partial charge on any atom is 0.133 e. The van der Waals surface area contributed by atoms with Gasteiger partial charge in [-0.15, -0.1) is 10.2 Å². The van der Waals surface area contributed by atoms with Gasteiger partial charge in [0.25, 0.3) is 0 Å². The highest BCUT2D eigenvalue weighted by Crippen LogP contribution is 2.21. The Labute approximate surface area is 121 Å². The monoisotopic (exact) mass is 326 g/mol. The van der Waals surface area contributed by atoms with Gasteiger partial charge < -0.3 is 9.88 Å². The predicted molar refractivity (Wildman–Crippen MR) is 76.7 cm³/mol. The fourth-order valence-corrected chi connectivity index (χ4v) is 2.71. The molecule has 0 saturated carbocycles. The normalized spacial score (nSPS) is 11.2. The maximum atomic E-state index is 4.47. The summed E-state index contributed by atoms with van der Waals surface area (Å²) >= 11 is 3.61. The van der Waals surface area contributed by atoms with E-state index in [1.54, 1.807) is 6.33 Å². The van der Waals surface area contributed by atoms with E-state index in [-0.39, 0.29) is 0 Å². The minimum Gasteiger partial charge on any atom is -0.321 e. The van der Waals surface area contributed by atoms with Crippen molar-refractivity contribution in [2.75, 3.05) is 6.54 Å². The Morgan fingerprint density at radius 3 is 2.74 bits per heavy atom. The van der Waals surface area contributed by atoms with Crippen molar-refractivity contribution in [3.8, 4) is 0 Å². The van der Waals surface area contributed by atoms with Gasteiger partial charge in [0.1, 0.15) is 12.2 Å². The molecule has 0 fully saturated rings. The number of nitrogens with zero attached hydrogens (tertiary/aromatic N) is 5. The van der Waals surface area contributed by atoms with Gasteiger partial charge in [-0.25, -0.2) is 0 Å². The number of nitrogens with one attached hydrogen (secondary N) is 1. The number of aromatic nitrogens is 5. The Hall–Kier alpha value is -1.21. The van der Waals surface area contributed by atoms with E-state index in [0.29, 0.717) is 0 Å². The molecule has 7 heteroatoms. The molecule has 0 aliphatic heterocycles. The molecule has 0 aromatic carbocycles. The Morgan fingerprint density at radius 2 is 2.16 bits per heavy atom. The van der Waals surface area contributed by atoms with Crippen molar-refractivity contribution >= 4 is 15.9 Å². The highest BCUT2D eigenvalue weighted by molar-refractivity contribution is 9.10. The second kappa shape index (κ2) is 6.29. The zero-order valence-corrected chi connectivity index (χ0v) is 13.1. The van der Waals surface area contributed by atoms with Crippen LogP contribution in [0, 0.1) is 0 Å². The minimum absolute atomic E-state index is 0.794. The second-order valence-electron chi connectivity index (χ2n) is 4.47. The van der Waals surface area contributed by atoms with E-state index in [1.807, 2.05) is 23.3 Å². The molecule has 0 atom stereocenters. The van der Waals surface area contributed by atoms with Gasteiger partial charge in [-0.3, -0.25) is 4.68 Å². The van der Waals surface area contributed by atoms with Gasteiger partial charge in [-0.1, -0.05) is 6.92 Å². The van der Waals surface area contributed by atoms with E-state index in [4.69, 9.17) is 0 Å². The van der Waals surface area contributed by atoms with Crippen molar-refractivity contribution in [1.82, 2.24) is 29.9 Å². The summed E-state index contributed by atoms with van der Waals surface area (Å²) in [5.74, 6) is 0.991.